The highest BCUT2D eigenvalue weighted by atomic mass is 35.5. The lowest BCUT2D eigenvalue weighted by Crippen LogP contribution is -3.15. The predicted molar refractivity (Wildman–Crippen MR) is 103 cm³/mol. The van der Waals surface area contributed by atoms with E-state index in [1.54, 1.807) is 0 Å². The van der Waals surface area contributed by atoms with Gasteiger partial charge in [-0.1, -0.05) is 60.7 Å². The first kappa shape index (κ1) is 22.4. The summed E-state index contributed by atoms with van der Waals surface area (Å²) in [5, 5.41) is 0. The average molecular weight is 406 g/mol. The molecule has 2 aromatic carbocycles. The van der Waals surface area contributed by atoms with Crippen LogP contribution in [0.15, 0.2) is 60.7 Å². The van der Waals surface area contributed by atoms with E-state index in [1.165, 1.54) is 4.90 Å². The van der Waals surface area contributed by atoms with Gasteiger partial charge in [0.25, 0.3) is 0 Å². The molecular weight excluding hydrogens is 378 g/mol. The lowest BCUT2D eigenvalue weighted by Gasteiger charge is -2.27. The Hall–Kier alpha value is -1.92. The van der Waals surface area contributed by atoms with Crippen molar-refractivity contribution in [1.29, 1.82) is 0 Å². The van der Waals surface area contributed by atoms with Crippen molar-refractivity contribution < 1.29 is 36.3 Å². The van der Waals surface area contributed by atoms with Crippen molar-refractivity contribution in [3.63, 3.8) is 0 Å². The van der Waals surface area contributed by atoms with Gasteiger partial charge < -0.3 is 31.5 Å². The number of hydrogen-bond donors (Lipinski definition) is 1. The Morgan fingerprint density at radius 1 is 0.964 bits per heavy atom. The first-order valence-corrected chi connectivity index (χ1v) is 9.56. The van der Waals surface area contributed by atoms with Crippen LogP contribution < -0.4 is 17.3 Å². The minimum Gasteiger partial charge on any atom is -1.00 e. The average Bonchev–Trinajstić information content (AvgIpc) is 2.70. The number of carbonyl (C=O) groups excluding carboxylic acids is 1. The maximum absolute atomic E-state index is 12.4. The predicted octanol–water partition coefficient (Wildman–Crippen LogP) is -1.72. The van der Waals surface area contributed by atoms with Crippen molar-refractivity contribution >= 4 is 5.97 Å². The van der Waals surface area contributed by atoms with Crippen molar-refractivity contribution in [3.05, 3.63) is 71.8 Å². The second-order valence-electron chi connectivity index (χ2n) is 6.84. The van der Waals surface area contributed by atoms with Crippen LogP contribution >= 0.6 is 0 Å². The van der Waals surface area contributed by atoms with Crippen molar-refractivity contribution in [1.82, 2.24) is 0 Å². The molecule has 1 aliphatic rings. The Balaban J connectivity index is 0.00000280. The monoisotopic (exact) mass is 405 g/mol. The summed E-state index contributed by atoms with van der Waals surface area (Å²) in [5.41, 5.74) is 2.08. The van der Waals surface area contributed by atoms with E-state index in [4.69, 9.17) is 14.2 Å². The summed E-state index contributed by atoms with van der Waals surface area (Å²) >= 11 is 0. The fraction of sp³-hybridized carbons (Fsp3) is 0.409. The summed E-state index contributed by atoms with van der Waals surface area (Å²) in [5.74, 6) is -0.206. The maximum atomic E-state index is 12.4. The zero-order valence-electron chi connectivity index (χ0n) is 16.0. The molecule has 1 heterocycles. The minimum atomic E-state index is -0.252. The van der Waals surface area contributed by atoms with E-state index in [9.17, 15) is 4.79 Å². The molecule has 28 heavy (non-hydrogen) atoms. The number of nitrogens with one attached hydrogen (secondary N) is 1. The third-order valence-corrected chi connectivity index (χ3v) is 4.62. The maximum Gasteiger partial charge on any atom is 0.310 e. The van der Waals surface area contributed by atoms with E-state index in [-0.39, 0.29) is 30.9 Å². The molecule has 0 aromatic heterocycles. The highest BCUT2D eigenvalue weighted by Gasteiger charge is 2.23. The molecule has 1 saturated heterocycles. The molecule has 152 valence electrons. The molecule has 1 atom stereocenters. The highest BCUT2D eigenvalue weighted by molar-refractivity contribution is 5.72. The zero-order valence-corrected chi connectivity index (χ0v) is 16.8. The molecule has 1 unspecified atom stereocenters. The van der Waals surface area contributed by atoms with Gasteiger partial charge in [0, 0.05) is 0 Å². The molecule has 0 radical (unpaired) electrons. The number of benzene rings is 2. The number of morpholine rings is 1. The van der Waals surface area contributed by atoms with Gasteiger partial charge >= 0.3 is 5.97 Å². The quantitative estimate of drug-likeness (QED) is 0.504. The molecule has 0 bridgehead atoms. The molecule has 3 rings (SSSR count). The molecular formula is C22H28ClNO4. The molecule has 0 saturated carbocycles. The zero-order chi connectivity index (χ0) is 18.7. The first-order chi connectivity index (χ1) is 13.3. The summed E-state index contributed by atoms with van der Waals surface area (Å²) in [6, 6.07) is 19.7. The molecule has 0 amide bonds. The third-order valence-electron chi connectivity index (χ3n) is 4.62. The topological polar surface area (TPSA) is 49.2 Å². The number of rotatable bonds is 9. The fourth-order valence-electron chi connectivity index (χ4n) is 3.19. The lowest BCUT2D eigenvalue weighted by atomic mass is 10.1. The van der Waals surface area contributed by atoms with Crippen LogP contribution in [0.1, 0.15) is 11.1 Å². The van der Waals surface area contributed by atoms with E-state index >= 15 is 0 Å². The van der Waals surface area contributed by atoms with Crippen molar-refractivity contribution in [2.45, 2.75) is 19.1 Å². The van der Waals surface area contributed by atoms with E-state index in [1.807, 2.05) is 60.7 Å². The van der Waals surface area contributed by atoms with Gasteiger partial charge in [-0.25, -0.2) is 0 Å². The second kappa shape index (κ2) is 12.5. The number of halogens is 1. The molecule has 0 aliphatic carbocycles. The lowest BCUT2D eigenvalue weighted by molar-refractivity contribution is -0.910. The largest absolute Gasteiger partial charge is 1.00 e. The summed E-state index contributed by atoms with van der Waals surface area (Å²) in [4.78, 5) is 13.8. The van der Waals surface area contributed by atoms with Crippen LogP contribution in [-0.2, 0) is 32.0 Å². The number of carbonyl (C=O) groups is 1. The summed E-state index contributed by atoms with van der Waals surface area (Å²) in [6.07, 6.45) is 0.0344. The number of hydrogen-bond acceptors (Lipinski definition) is 4. The Labute approximate surface area is 173 Å². The number of quaternary nitrogens is 1. The van der Waals surface area contributed by atoms with E-state index in [0.717, 1.165) is 44.0 Å². The van der Waals surface area contributed by atoms with Crippen LogP contribution in [0.5, 0.6) is 0 Å². The first-order valence-electron chi connectivity index (χ1n) is 9.56. The van der Waals surface area contributed by atoms with Gasteiger partial charge in [0.2, 0.25) is 0 Å². The minimum absolute atomic E-state index is 0. The van der Waals surface area contributed by atoms with Gasteiger partial charge in [-0.3, -0.25) is 4.79 Å². The Kier molecular flexibility index (Phi) is 10.0. The van der Waals surface area contributed by atoms with Crippen LogP contribution in [0.4, 0.5) is 0 Å². The smallest absolute Gasteiger partial charge is 0.310 e. The molecule has 2 aromatic rings. The van der Waals surface area contributed by atoms with Gasteiger partial charge in [0.15, 0.2) is 6.10 Å². The van der Waals surface area contributed by atoms with Gasteiger partial charge in [-0.05, 0) is 11.1 Å². The van der Waals surface area contributed by atoms with Crippen molar-refractivity contribution in [3.8, 4) is 0 Å². The molecule has 5 nitrogen and oxygen atoms in total. The normalized spacial score (nSPS) is 15.4. The standard InChI is InChI=1S/C22H27NO4.ClH/c24-22(15-19-7-3-1-4-8-19)27-21(16-23-11-13-25-14-12-23)18-26-17-20-9-5-2-6-10-20;/h1-10,21H,11-18H2;1H. The van der Waals surface area contributed by atoms with E-state index < -0.39 is 0 Å². The van der Waals surface area contributed by atoms with Crippen LogP contribution in [0.25, 0.3) is 0 Å². The van der Waals surface area contributed by atoms with Crippen LogP contribution in [0, 0.1) is 0 Å². The number of ether oxygens (including phenoxy) is 3. The molecule has 1 aliphatic heterocycles. The molecule has 0 spiro atoms. The second-order valence-corrected chi connectivity index (χ2v) is 6.84. The summed E-state index contributed by atoms with van der Waals surface area (Å²) in [7, 11) is 0. The molecule has 1 N–H and O–H groups in total. The Morgan fingerprint density at radius 3 is 2.21 bits per heavy atom. The highest BCUT2D eigenvalue weighted by Crippen LogP contribution is 2.05. The third kappa shape index (κ3) is 7.98. The molecule has 6 heteroatoms. The van der Waals surface area contributed by atoms with Crippen LogP contribution in [0.3, 0.4) is 0 Å². The van der Waals surface area contributed by atoms with Crippen LogP contribution in [-0.4, -0.2) is 51.5 Å². The van der Waals surface area contributed by atoms with Crippen LogP contribution in [0.2, 0.25) is 0 Å². The molecule has 1 fully saturated rings. The van der Waals surface area contributed by atoms with Gasteiger partial charge in [0.05, 0.1) is 32.8 Å². The van der Waals surface area contributed by atoms with Crippen molar-refractivity contribution in [2.24, 2.45) is 0 Å². The Morgan fingerprint density at radius 2 is 1.57 bits per heavy atom. The fourth-order valence-corrected chi connectivity index (χ4v) is 3.19. The van der Waals surface area contributed by atoms with Gasteiger partial charge in [0.1, 0.15) is 19.6 Å². The van der Waals surface area contributed by atoms with E-state index in [2.05, 4.69) is 0 Å². The van der Waals surface area contributed by atoms with E-state index in [0.29, 0.717) is 13.2 Å². The Bertz CT molecular complexity index is 677. The SMILES string of the molecule is O=C(Cc1ccccc1)OC(COCc1ccccc1)C[NH+]1CCOCC1.[Cl-]. The number of esters is 1. The summed E-state index contributed by atoms with van der Waals surface area (Å²) in [6.45, 7) is 5.05. The van der Waals surface area contributed by atoms with Gasteiger partial charge in [-0.15, -0.1) is 0 Å². The van der Waals surface area contributed by atoms with Crippen molar-refractivity contribution in [2.75, 3.05) is 39.5 Å². The van der Waals surface area contributed by atoms with Gasteiger partial charge in [-0.2, -0.15) is 0 Å². The summed E-state index contributed by atoms with van der Waals surface area (Å²) < 4.78 is 17.0.